The maximum atomic E-state index is 13.0. The first kappa shape index (κ1) is 14.6. The molecule has 0 spiro atoms. The Morgan fingerprint density at radius 3 is 2.38 bits per heavy atom. The highest BCUT2D eigenvalue weighted by molar-refractivity contribution is 5.84. The number of likely N-dealkylation sites (tertiary alicyclic amines) is 1. The summed E-state index contributed by atoms with van der Waals surface area (Å²) in [6, 6.07) is 10.4. The average molecular weight is 287 g/mol. The Balaban J connectivity index is 1.67. The van der Waals surface area contributed by atoms with E-state index in [1.165, 1.54) is 12.0 Å². The molecule has 0 atom stereocenters. The SMILES string of the molecule is O=C(N1CCC(CO)CC1)C1(Cc2ccccc2)CCC1. The van der Waals surface area contributed by atoms with Gasteiger partial charge >= 0.3 is 0 Å². The van der Waals surface area contributed by atoms with Crippen molar-refractivity contribution in [1.29, 1.82) is 0 Å². The van der Waals surface area contributed by atoms with Crippen LogP contribution in [0.2, 0.25) is 0 Å². The van der Waals surface area contributed by atoms with Crippen LogP contribution >= 0.6 is 0 Å². The second-order valence-electron chi connectivity index (χ2n) is 6.71. The number of hydrogen-bond donors (Lipinski definition) is 1. The fraction of sp³-hybridized carbons (Fsp3) is 0.611. The summed E-state index contributed by atoms with van der Waals surface area (Å²) in [5, 5.41) is 9.22. The van der Waals surface area contributed by atoms with Crippen molar-refractivity contribution in [2.45, 2.75) is 38.5 Å². The van der Waals surface area contributed by atoms with E-state index in [0.717, 1.165) is 45.2 Å². The molecule has 0 unspecified atom stereocenters. The molecule has 0 aromatic heterocycles. The van der Waals surface area contributed by atoms with E-state index in [9.17, 15) is 9.90 Å². The topological polar surface area (TPSA) is 40.5 Å². The van der Waals surface area contributed by atoms with Gasteiger partial charge < -0.3 is 10.0 Å². The largest absolute Gasteiger partial charge is 0.396 e. The summed E-state index contributed by atoms with van der Waals surface area (Å²) in [6.07, 6.45) is 6.01. The van der Waals surface area contributed by atoms with Crippen molar-refractivity contribution >= 4 is 5.91 Å². The van der Waals surface area contributed by atoms with Gasteiger partial charge in [-0.05, 0) is 43.6 Å². The van der Waals surface area contributed by atoms with Crippen LogP contribution in [0.4, 0.5) is 0 Å². The van der Waals surface area contributed by atoms with Crippen molar-refractivity contribution in [3.63, 3.8) is 0 Å². The molecular formula is C18H25NO2. The molecule has 114 valence electrons. The molecule has 2 aliphatic rings. The lowest BCUT2D eigenvalue weighted by Crippen LogP contribution is -2.51. The lowest BCUT2D eigenvalue weighted by Gasteiger charge is -2.45. The summed E-state index contributed by atoms with van der Waals surface area (Å²) >= 11 is 0. The molecular weight excluding hydrogens is 262 g/mol. The number of rotatable bonds is 4. The minimum absolute atomic E-state index is 0.145. The first-order valence-electron chi connectivity index (χ1n) is 8.18. The van der Waals surface area contributed by atoms with Gasteiger partial charge in [-0.3, -0.25) is 4.79 Å². The van der Waals surface area contributed by atoms with Crippen LogP contribution in [0.15, 0.2) is 30.3 Å². The molecule has 3 nitrogen and oxygen atoms in total. The molecule has 1 aliphatic carbocycles. The number of benzene rings is 1. The molecule has 1 heterocycles. The number of carbonyl (C=O) groups excluding carboxylic acids is 1. The normalized spacial score (nSPS) is 21.9. The molecule has 21 heavy (non-hydrogen) atoms. The molecule has 0 bridgehead atoms. The fourth-order valence-electron chi connectivity index (χ4n) is 3.71. The van der Waals surface area contributed by atoms with Crippen LogP contribution in [0, 0.1) is 11.3 Å². The van der Waals surface area contributed by atoms with Crippen molar-refractivity contribution in [1.82, 2.24) is 4.90 Å². The van der Waals surface area contributed by atoms with E-state index in [1.807, 2.05) is 11.0 Å². The molecule has 1 aromatic carbocycles. The van der Waals surface area contributed by atoms with Gasteiger partial charge in [0.05, 0.1) is 5.41 Å². The van der Waals surface area contributed by atoms with Gasteiger partial charge in [-0.2, -0.15) is 0 Å². The Morgan fingerprint density at radius 1 is 1.19 bits per heavy atom. The number of carbonyl (C=O) groups is 1. The summed E-state index contributed by atoms with van der Waals surface area (Å²) in [7, 11) is 0. The minimum atomic E-state index is -0.145. The average Bonchev–Trinajstić information content (AvgIpc) is 2.51. The lowest BCUT2D eigenvalue weighted by atomic mass is 9.64. The molecule has 3 heteroatoms. The zero-order valence-corrected chi connectivity index (χ0v) is 12.6. The third-order valence-corrected chi connectivity index (χ3v) is 5.31. The summed E-state index contributed by atoms with van der Waals surface area (Å²) in [6.45, 7) is 1.90. The van der Waals surface area contributed by atoms with Crippen molar-refractivity contribution in [3.8, 4) is 0 Å². The third kappa shape index (κ3) is 2.98. The summed E-state index contributed by atoms with van der Waals surface area (Å²) < 4.78 is 0. The summed E-state index contributed by atoms with van der Waals surface area (Å²) in [5.74, 6) is 0.745. The Labute approximate surface area is 127 Å². The maximum Gasteiger partial charge on any atom is 0.229 e. The van der Waals surface area contributed by atoms with Gasteiger partial charge in [-0.15, -0.1) is 0 Å². The number of hydrogen-bond acceptors (Lipinski definition) is 2. The first-order valence-corrected chi connectivity index (χ1v) is 8.18. The van der Waals surface area contributed by atoms with Gasteiger partial charge in [-0.25, -0.2) is 0 Å². The number of piperidine rings is 1. The van der Waals surface area contributed by atoms with Gasteiger partial charge in [-0.1, -0.05) is 36.8 Å². The number of nitrogens with zero attached hydrogens (tertiary/aromatic N) is 1. The van der Waals surface area contributed by atoms with Crippen molar-refractivity contribution in [3.05, 3.63) is 35.9 Å². The number of amides is 1. The van der Waals surface area contributed by atoms with Crippen LogP contribution in [-0.4, -0.2) is 35.6 Å². The van der Waals surface area contributed by atoms with E-state index in [4.69, 9.17) is 0 Å². The van der Waals surface area contributed by atoms with Crippen molar-refractivity contribution in [2.24, 2.45) is 11.3 Å². The van der Waals surface area contributed by atoms with Crippen LogP contribution in [-0.2, 0) is 11.2 Å². The maximum absolute atomic E-state index is 13.0. The highest BCUT2D eigenvalue weighted by atomic mass is 16.3. The van der Waals surface area contributed by atoms with Gasteiger partial charge in [0.1, 0.15) is 0 Å². The van der Waals surface area contributed by atoms with Crippen LogP contribution in [0.25, 0.3) is 0 Å². The molecule has 2 fully saturated rings. The second-order valence-corrected chi connectivity index (χ2v) is 6.71. The molecule has 1 N–H and O–H groups in total. The standard InChI is InChI=1S/C18H25NO2/c20-14-16-7-11-19(12-8-16)17(21)18(9-4-10-18)13-15-5-2-1-3-6-15/h1-3,5-6,16,20H,4,7-14H2. The van der Waals surface area contributed by atoms with Gasteiger partial charge in [0.25, 0.3) is 0 Å². The second kappa shape index (κ2) is 6.18. The minimum Gasteiger partial charge on any atom is -0.396 e. The number of aliphatic hydroxyl groups excluding tert-OH is 1. The summed E-state index contributed by atoms with van der Waals surface area (Å²) in [5.41, 5.74) is 1.13. The van der Waals surface area contributed by atoms with E-state index >= 15 is 0 Å². The van der Waals surface area contributed by atoms with Crippen LogP contribution in [0.3, 0.4) is 0 Å². The van der Waals surface area contributed by atoms with E-state index in [-0.39, 0.29) is 12.0 Å². The molecule has 0 radical (unpaired) electrons. The van der Waals surface area contributed by atoms with Crippen molar-refractivity contribution in [2.75, 3.05) is 19.7 Å². The van der Waals surface area contributed by atoms with Crippen LogP contribution in [0.5, 0.6) is 0 Å². The Bertz CT molecular complexity index is 473. The monoisotopic (exact) mass is 287 g/mol. The molecule has 1 aliphatic heterocycles. The Morgan fingerprint density at radius 2 is 1.86 bits per heavy atom. The first-order chi connectivity index (χ1) is 10.2. The highest BCUT2D eigenvalue weighted by Crippen LogP contribution is 2.45. The molecule has 1 amide bonds. The summed E-state index contributed by atoms with van der Waals surface area (Å²) in [4.78, 5) is 15.0. The third-order valence-electron chi connectivity index (χ3n) is 5.31. The quantitative estimate of drug-likeness (QED) is 0.925. The van der Waals surface area contributed by atoms with Crippen LogP contribution in [0.1, 0.15) is 37.7 Å². The smallest absolute Gasteiger partial charge is 0.229 e. The van der Waals surface area contributed by atoms with Gasteiger partial charge in [0.2, 0.25) is 5.91 Å². The molecule has 1 saturated carbocycles. The molecule has 1 aromatic rings. The Kier molecular flexibility index (Phi) is 4.29. The molecule has 1 saturated heterocycles. The lowest BCUT2D eigenvalue weighted by molar-refractivity contribution is -0.149. The van der Waals surface area contributed by atoms with Gasteiger partial charge in [0.15, 0.2) is 0 Å². The van der Waals surface area contributed by atoms with Gasteiger partial charge in [0, 0.05) is 19.7 Å². The van der Waals surface area contributed by atoms with E-state index in [1.54, 1.807) is 0 Å². The highest BCUT2D eigenvalue weighted by Gasteiger charge is 2.46. The van der Waals surface area contributed by atoms with E-state index in [0.29, 0.717) is 11.8 Å². The van der Waals surface area contributed by atoms with Crippen molar-refractivity contribution < 1.29 is 9.90 Å². The number of aliphatic hydroxyl groups is 1. The zero-order valence-electron chi connectivity index (χ0n) is 12.6. The van der Waals surface area contributed by atoms with E-state index in [2.05, 4.69) is 24.3 Å². The molecule has 3 rings (SSSR count). The van der Waals surface area contributed by atoms with E-state index < -0.39 is 0 Å². The van der Waals surface area contributed by atoms with Crippen LogP contribution < -0.4 is 0 Å². The predicted molar refractivity (Wildman–Crippen MR) is 82.8 cm³/mol. The zero-order chi connectivity index (χ0) is 14.7. The predicted octanol–water partition coefficient (Wildman–Crippen LogP) is 2.63. The fourth-order valence-corrected chi connectivity index (χ4v) is 3.71. The Hall–Kier alpha value is -1.35.